The van der Waals surface area contributed by atoms with Gasteiger partial charge in [-0.15, -0.1) is 0 Å². The SMILES string of the molecule is CNC(CC(C)C)c1cc(C)c(F)c(C)c1. The van der Waals surface area contributed by atoms with Crippen LogP contribution in [0.15, 0.2) is 12.1 Å². The van der Waals surface area contributed by atoms with Gasteiger partial charge in [0.1, 0.15) is 5.82 Å². The molecular weight excluding hydrogens is 201 g/mol. The monoisotopic (exact) mass is 223 g/mol. The van der Waals surface area contributed by atoms with Gasteiger partial charge in [-0.2, -0.15) is 0 Å². The highest BCUT2D eigenvalue weighted by molar-refractivity contribution is 5.32. The van der Waals surface area contributed by atoms with Gasteiger partial charge in [0, 0.05) is 6.04 Å². The molecule has 0 radical (unpaired) electrons. The van der Waals surface area contributed by atoms with Crippen LogP contribution >= 0.6 is 0 Å². The zero-order valence-electron chi connectivity index (χ0n) is 10.9. The van der Waals surface area contributed by atoms with E-state index >= 15 is 0 Å². The number of nitrogens with one attached hydrogen (secondary N) is 1. The maximum absolute atomic E-state index is 13.5. The molecule has 1 unspecified atom stereocenters. The number of halogens is 1. The Hall–Kier alpha value is -0.890. The van der Waals surface area contributed by atoms with Crippen molar-refractivity contribution >= 4 is 0 Å². The minimum atomic E-state index is -0.0804. The van der Waals surface area contributed by atoms with Crippen LogP contribution in [-0.2, 0) is 0 Å². The molecule has 0 amide bonds. The first-order chi connectivity index (χ1) is 7.45. The lowest BCUT2D eigenvalue weighted by Gasteiger charge is -2.20. The fourth-order valence-corrected chi connectivity index (χ4v) is 2.07. The van der Waals surface area contributed by atoms with E-state index in [1.165, 1.54) is 5.56 Å². The van der Waals surface area contributed by atoms with Crippen LogP contribution in [0.1, 0.15) is 43.0 Å². The average molecular weight is 223 g/mol. The van der Waals surface area contributed by atoms with Crippen molar-refractivity contribution in [2.45, 2.75) is 40.2 Å². The number of aryl methyl sites for hydroxylation is 2. The summed E-state index contributed by atoms with van der Waals surface area (Å²) in [5.74, 6) is 0.547. The second-order valence-corrected chi connectivity index (χ2v) is 4.94. The molecule has 0 fully saturated rings. The van der Waals surface area contributed by atoms with E-state index in [-0.39, 0.29) is 5.82 Å². The third kappa shape index (κ3) is 3.05. The van der Waals surface area contributed by atoms with Crippen LogP contribution in [-0.4, -0.2) is 7.05 Å². The Labute approximate surface area is 98.1 Å². The van der Waals surface area contributed by atoms with Gasteiger partial charge in [-0.3, -0.25) is 0 Å². The predicted octanol–water partition coefficient (Wildman–Crippen LogP) is 3.75. The largest absolute Gasteiger partial charge is 0.313 e. The maximum Gasteiger partial charge on any atom is 0.129 e. The van der Waals surface area contributed by atoms with Crippen LogP contribution < -0.4 is 5.32 Å². The van der Waals surface area contributed by atoms with E-state index in [2.05, 4.69) is 19.2 Å². The van der Waals surface area contributed by atoms with Gasteiger partial charge in [0.2, 0.25) is 0 Å². The summed E-state index contributed by atoms with van der Waals surface area (Å²) in [4.78, 5) is 0. The third-order valence-electron chi connectivity index (χ3n) is 2.92. The summed E-state index contributed by atoms with van der Waals surface area (Å²) >= 11 is 0. The summed E-state index contributed by atoms with van der Waals surface area (Å²) in [6.45, 7) is 8.06. The molecule has 1 N–H and O–H groups in total. The van der Waals surface area contributed by atoms with Gasteiger partial charge in [-0.25, -0.2) is 4.39 Å². The van der Waals surface area contributed by atoms with Crippen molar-refractivity contribution in [2.75, 3.05) is 7.05 Å². The van der Waals surface area contributed by atoms with Crippen molar-refractivity contribution < 1.29 is 4.39 Å². The van der Waals surface area contributed by atoms with Crippen LogP contribution in [0.25, 0.3) is 0 Å². The summed E-state index contributed by atoms with van der Waals surface area (Å²) in [5, 5.41) is 3.30. The zero-order valence-corrected chi connectivity index (χ0v) is 10.9. The third-order valence-corrected chi connectivity index (χ3v) is 2.92. The molecule has 90 valence electrons. The minimum absolute atomic E-state index is 0.0804. The quantitative estimate of drug-likeness (QED) is 0.819. The molecule has 0 spiro atoms. The molecule has 0 aromatic heterocycles. The van der Waals surface area contributed by atoms with Crippen molar-refractivity contribution in [2.24, 2.45) is 5.92 Å². The molecule has 0 heterocycles. The Bertz CT molecular complexity index is 335. The zero-order chi connectivity index (χ0) is 12.3. The molecule has 0 bridgehead atoms. The molecule has 0 aliphatic rings. The first-order valence-electron chi connectivity index (χ1n) is 5.89. The predicted molar refractivity (Wildman–Crippen MR) is 67.1 cm³/mol. The Morgan fingerprint density at radius 3 is 2.06 bits per heavy atom. The molecule has 2 heteroatoms. The smallest absolute Gasteiger partial charge is 0.129 e. The lowest BCUT2D eigenvalue weighted by Crippen LogP contribution is -2.18. The van der Waals surface area contributed by atoms with Crippen molar-refractivity contribution in [1.82, 2.24) is 5.32 Å². The molecule has 0 aliphatic carbocycles. The van der Waals surface area contributed by atoms with Gasteiger partial charge in [0.05, 0.1) is 0 Å². The van der Waals surface area contributed by atoms with Gasteiger partial charge in [0.25, 0.3) is 0 Å². The first kappa shape index (κ1) is 13.2. The second-order valence-electron chi connectivity index (χ2n) is 4.94. The van der Waals surface area contributed by atoms with E-state index in [0.717, 1.165) is 17.5 Å². The highest BCUT2D eigenvalue weighted by Crippen LogP contribution is 2.24. The summed E-state index contributed by atoms with van der Waals surface area (Å²) in [6, 6.07) is 4.22. The molecule has 0 aliphatic heterocycles. The fraction of sp³-hybridized carbons (Fsp3) is 0.571. The Kier molecular flexibility index (Phi) is 4.48. The van der Waals surface area contributed by atoms with Crippen LogP contribution in [0, 0.1) is 25.6 Å². The molecule has 0 saturated heterocycles. The van der Waals surface area contributed by atoms with Crippen LogP contribution in [0.5, 0.6) is 0 Å². The number of benzene rings is 1. The van der Waals surface area contributed by atoms with Crippen molar-refractivity contribution in [3.8, 4) is 0 Å². The lowest BCUT2D eigenvalue weighted by atomic mass is 9.94. The number of hydrogen-bond acceptors (Lipinski definition) is 1. The normalized spacial score (nSPS) is 13.2. The van der Waals surface area contributed by atoms with Gasteiger partial charge in [-0.05, 0) is 49.9 Å². The van der Waals surface area contributed by atoms with Crippen LogP contribution in [0.2, 0.25) is 0 Å². The Morgan fingerprint density at radius 1 is 1.19 bits per heavy atom. The van der Waals surface area contributed by atoms with Crippen LogP contribution in [0.3, 0.4) is 0 Å². The van der Waals surface area contributed by atoms with E-state index in [0.29, 0.717) is 12.0 Å². The molecular formula is C14H22FN. The van der Waals surface area contributed by atoms with Crippen molar-refractivity contribution in [1.29, 1.82) is 0 Å². The second kappa shape index (κ2) is 5.44. The average Bonchev–Trinajstić information content (AvgIpc) is 2.21. The lowest BCUT2D eigenvalue weighted by molar-refractivity contribution is 0.455. The first-order valence-corrected chi connectivity index (χ1v) is 5.89. The molecule has 1 atom stereocenters. The van der Waals surface area contributed by atoms with Crippen LogP contribution in [0.4, 0.5) is 4.39 Å². The van der Waals surface area contributed by atoms with Gasteiger partial charge in [0.15, 0.2) is 0 Å². The molecule has 0 saturated carbocycles. The van der Waals surface area contributed by atoms with Gasteiger partial charge in [-0.1, -0.05) is 26.0 Å². The summed E-state index contributed by atoms with van der Waals surface area (Å²) in [7, 11) is 1.96. The van der Waals surface area contributed by atoms with Gasteiger partial charge >= 0.3 is 0 Å². The summed E-state index contributed by atoms with van der Waals surface area (Å²) in [6.07, 6.45) is 1.07. The summed E-state index contributed by atoms with van der Waals surface area (Å²) < 4.78 is 13.5. The molecule has 1 aromatic rings. The minimum Gasteiger partial charge on any atom is -0.313 e. The van der Waals surface area contributed by atoms with E-state index in [1.807, 2.05) is 33.0 Å². The molecule has 1 nitrogen and oxygen atoms in total. The topological polar surface area (TPSA) is 12.0 Å². The molecule has 16 heavy (non-hydrogen) atoms. The standard InChI is InChI=1S/C14H22FN/c1-9(2)6-13(16-5)12-7-10(3)14(15)11(4)8-12/h7-9,13,16H,6H2,1-5H3. The summed E-state index contributed by atoms with van der Waals surface area (Å²) in [5.41, 5.74) is 2.66. The van der Waals surface area contributed by atoms with E-state index < -0.39 is 0 Å². The highest BCUT2D eigenvalue weighted by atomic mass is 19.1. The van der Waals surface area contributed by atoms with Crippen molar-refractivity contribution in [3.63, 3.8) is 0 Å². The molecule has 1 rings (SSSR count). The van der Waals surface area contributed by atoms with E-state index in [9.17, 15) is 4.39 Å². The highest BCUT2D eigenvalue weighted by Gasteiger charge is 2.13. The maximum atomic E-state index is 13.5. The Morgan fingerprint density at radius 2 is 1.69 bits per heavy atom. The number of hydrogen-bond donors (Lipinski definition) is 1. The number of rotatable bonds is 4. The fourth-order valence-electron chi connectivity index (χ4n) is 2.07. The molecule has 1 aromatic carbocycles. The van der Waals surface area contributed by atoms with Gasteiger partial charge < -0.3 is 5.32 Å². The van der Waals surface area contributed by atoms with E-state index in [1.54, 1.807) is 0 Å². The Balaban J connectivity index is 3.01. The van der Waals surface area contributed by atoms with E-state index in [4.69, 9.17) is 0 Å². The van der Waals surface area contributed by atoms with Crippen molar-refractivity contribution in [3.05, 3.63) is 34.6 Å².